The van der Waals surface area contributed by atoms with Crippen molar-refractivity contribution >= 4 is 33.7 Å². The van der Waals surface area contributed by atoms with Gasteiger partial charge in [0, 0.05) is 30.0 Å². The van der Waals surface area contributed by atoms with Gasteiger partial charge in [0.25, 0.3) is 5.91 Å². The zero-order valence-corrected chi connectivity index (χ0v) is 18.9. The molecule has 1 unspecified atom stereocenters. The summed E-state index contributed by atoms with van der Waals surface area (Å²) >= 11 is 3.42. The van der Waals surface area contributed by atoms with Gasteiger partial charge in [0.2, 0.25) is 0 Å². The van der Waals surface area contributed by atoms with Crippen LogP contribution in [0.4, 0.5) is 0 Å². The molecule has 0 radical (unpaired) electrons. The molecule has 7 heteroatoms. The van der Waals surface area contributed by atoms with Gasteiger partial charge in [-0.15, -0.1) is 0 Å². The van der Waals surface area contributed by atoms with Gasteiger partial charge >= 0.3 is 0 Å². The van der Waals surface area contributed by atoms with E-state index in [1.807, 2.05) is 65.4 Å². The molecule has 1 amide bonds. The van der Waals surface area contributed by atoms with Gasteiger partial charge in [-0.05, 0) is 35.8 Å². The van der Waals surface area contributed by atoms with Gasteiger partial charge in [0.1, 0.15) is 0 Å². The van der Waals surface area contributed by atoms with Gasteiger partial charge in [0.05, 0.1) is 17.9 Å². The van der Waals surface area contributed by atoms with Crippen LogP contribution in [0.15, 0.2) is 95.2 Å². The van der Waals surface area contributed by atoms with Gasteiger partial charge in [-0.2, -0.15) is 0 Å². The molecule has 162 valence electrons. The molecule has 1 N–H and O–H groups in total. The molecule has 1 aliphatic heterocycles. The second kappa shape index (κ2) is 9.78. The van der Waals surface area contributed by atoms with E-state index in [1.54, 1.807) is 23.5 Å². The predicted molar refractivity (Wildman–Crippen MR) is 126 cm³/mol. The zero-order chi connectivity index (χ0) is 22.5. The molecule has 0 saturated heterocycles. The topological polar surface area (TPSA) is 75.4 Å². The highest BCUT2D eigenvalue weighted by atomic mass is 79.9. The average Bonchev–Trinajstić information content (AvgIpc) is 3.41. The molecular weight excluding hydrogens is 470 g/mol. The Morgan fingerprint density at radius 2 is 1.84 bits per heavy atom. The number of amides is 1. The summed E-state index contributed by atoms with van der Waals surface area (Å²) in [5.74, 6) is -1.40. The van der Waals surface area contributed by atoms with E-state index >= 15 is 0 Å². The van der Waals surface area contributed by atoms with Crippen LogP contribution in [0, 0.1) is 0 Å². The zero-order valence-electron chi connectivity index (χ0n) is 17.3. The number of aliphatic hydroxyl groups is 1. The number of hydrogen-bond donors (Lipinski definition) is 1. The highest BCUT2D eigenvalue weighted by Gasteiger charge is 2.42. The summed E-state index contributed by atoms with van der Waals surface area (Å²) in [6.45, 7) is 1.07. The van der Waals surface area contributed by atoms with Gasteiger partial charge in [-0.25, -0.2) is 4.98 Å². The molecule has 1 aromatic heterocycles. The van der Waals surface area contributed by atoms with Gasteiger partial charge in [-0.1, -0.05) is 64.5 Å². The number of aromatic nitrogens is 2. The molecule has 0 saturated carbocycles. The van der Waals surface area contributed by atoms with E-state index in [0.29, 0.717) is 19.5 Å². The molecule has 0 spiro atoms. The lowest BCUT2D eigenvalue weighted by Gasteiger charge is -2.26. The number of carbonyl (C=O) groups excluding carboxylic acids is 2. The first kappa shape index (κ1) is 21.8. The van der Waals surface area contributed by atoms with Crippen molar-refractivity contribution in [3.05, 3.63) is 106 Å². The van der Waals surface area contributed by atoms with Crippen molar-refractivity contribution < 1.29 is 14.7 Å². The second-order valence-corrected chi connectivity index (χ2v) is 8.39. The molecule has 1 aliphatic rings. The summed E-state index contributed by atoms with van der Waals surface area (Å²) in [4.78, 5) is 31.7. The van der Waals surface area contributed by atoms with Crippen molar-refractivity contribution in [2.24, 2.45) is 0 Å². The monoisotopic (exact) mass is 491 g/mol. The van der Waals surface area contributed by atoms with Gasteiger partial charge < -0.3 is 14.6 Å². The van der Waals surface area contributed by atoms with Crippen LogP contribution in [-0.4, -0.2) is 37.8 Å². The third-order valence-electron chi connectivity index (χ3n) is 5.36. The molecule has 1 atom stereocenters. The fourth-order valence-corrected chi connectivity index (χ4v) is 4.06. The average molecular weight is 492 g/mol. The maximum absolute atomic E-state index is 13.1. The molecule has 0 aliphatic carbocycles. The summed E-state index contributed by atoms with van der Waals surface area (Å²) in [7, 11) is 0. The van der Waals surface area contributed by atoms with Crippen molar-refractivity contribution in [3.63, 3.8) is 0 Å². The number of ketones is 1. The van der Waals surface area contributed by atoms with Crippen LogP contribution in [0.3, 0.4) is 0 Å². The number of aryl methyl sites for hydroxylation is 1. The number of aliphatic hydroxyl groups excluding tert-OH is 1. The largest absolute Gasteiger partial charge is 0.503 e. The van der Waals surface area contributed by atoms with Crippen molar-refractivity contribution in [2.45, 2.75) is 19.0 Å². The van der Waals surface area contributed by atoms with E-state index < -0.39 is 17.7 Å². The normalized spacial score (nSPS) is 16.3. The van der Waals surface area contributed by atoms with E-state index in [4.69, 9.17) is 0 Å². The minimum atomic E-state index is -0.647. The summed E-state index contributed by atoms with van der Waals surface area (Å²) in [5, 5.41) is 10.7. The molecule has 6 nitrogen and oxygen atoms in total. The predicted octanol–water partition coefficient (Wildman–Crippen LogP) is 4.71. The Balaban J connectivity index is 1.61. The van der Waals surface area contributed by atoms with E-state index in [-0.39, 0.29) is 11.4 Å². The van der Waals surface area contributed by atoms with Crippen molar-refractivity contribution in [2.75, 3.05) is 6.54 Å². The Labute approximate surface area is 194 Å². The van der Waals surface area contributed by atoms with Crippen LogP contribution in [0.1, 0.15) is 23.6 Å². The minimum absolute atomic E-state index is 0.104. The number of hydrogen-bond acceptors (Lipinski definition) is 4. The summed E-state index contributed by atoms with van der Waals surface area (Å²) in [5.41, 5.74) is 1.74. The third kappa shape index (κ3) is 4.73. The number of allylic oxidation sites excluding steroid dienone is 1. The molecule has 0 fully saturated rings. The Hall–Kier alpha value is -3.45. The maximum Gasteiger partial charge on any atom is 0.290 e. The number of rotatable bonds is 8. The number of carbonyl (C=O) groups is 2. The smallest absolute Gasteiger partial charge is 0.290 e. The minimum Gasteiger partial charge on any atom is -0.503 e. The van der Waals surface area contributed by atoms with Crippen LogP contribution in [0.2, 0.25) is 0 Å². The molecule has 0 bridgehead atoms. The number of imidazole rings is 1. The summed E-state index contributed by atoms with van der Waals surface area (Å²) < 4.78 is 2.82. The summed E-state index contributed by atoms with van der Waals surface area (Å²) in [6, 6.07) is 16.2. The van der Waals surface area contributed by atoms with E-state index in [1.165, 1.54) is 6.08 Å². The van der Waals surface area contributed by atoms with Gasteiger partial charge in [-0.3, -0.25) is 9.59 Å². The van der Waals surface area contributed by atoms with Gasteiger partial charge in [0.15, 0.2) is 11.5 Å². The Morgan fingerprint density at radius 1 is 1.09 bits per heavy atom. The first-order valence-electron chi connectivity index (χ1n) is 10.3. The fourth-order valence-electron chi connectivity index (χ4n) is 3.80. The number of halogens is 1. The molecular formula is C25H22BrN3O3. The molecule has 4 rings (SSSR count). The molecule has 32 heavy (non-hydrogen) atoms. The van der Waals surface area contributed by atoms with Crippen LogP contribution in [-0.2, 0) is 16.1 Å². The highest BCUT2D eigenvalue weighted by molar-refractivity contribution is 9.10. The van der Waals surface area contributed by atoms with E-state index in [2.05, 4.69) is 20.9 Å². The van der Waals surface area contributed by atoms with Crippen molar-refractivity contribution in [1.29, 1.82) is 0 Å². The van der Waals surface area contributed by atoms with Crippen LogP contribution in [0.25, 0.3) is 6.08 Å². The Morgan fingerprint density at radius 3 is 2.53 bits per heavy atom. The Bertz CT molecular complexity index is 1150. The van der Waals surface area contributed by atoms with E-state index in [9.17, 15) is 14.7 Å². The van der Waals surface area contributed by atoms with Crippen LogP contribution >= 0.6 is 15.9 Å². The number of benzene rings is 2. The fraction of sp³-hybridized carbons (Fsp3) is 0.160. The molecule has 2 heterocycles. The third-order valence-corrected chi connectivity index (χ3v) is 5.88. The summed E-state index contributed by atoms with van der Waals surface area (Å²) in [6.07, 6.45) is 9.04. The first-order valence-corrected chi connectivity index (χ1v) is 11.1. The van der Waals surface area contributed by atoms with E-state index in [0.717, 1.165) is 15.6 Å². The lowest BCUT2D eigenvalue weighted by Crippen LogP contribution is -2.32. The molecule has 2 aromatic carbocycles. The maximum atomic E-state index is 13.1. The van der Waals surface area contributed by atoms with Crippen molar-refractivity contribution in [3.8, 4) is 0 Å². The number of nitrogens with zero attached hydrogens (tertiary/aromatic N) is 3. The van der Waals surface area contributed by atoms with Crippen LogP contribution in [0.5, 0.6) is 0 Å². The highest BCUT2D eigenvalue weighted by Crippen LogP contribution is 2.38. The second-order valence-electron chi connectivity index (χ2n) is 7.48. The lowest BCUT2D eigenvalue weighted by molar-refractivity contribution is -0.129. The first-order chi connectivity index (χ1) is 15.5. The SMILES string of the molecule is O=C(/C=C/c1ccccc1)C1=C(O)C(=O)N(CCCn2ccnc2)C1c1ccc(Br)cc1. The van der Waals surface area contributed by atoms with Crippen LogP contribution < -0.4 is 0 Å². The van der Waals surface area contributed by atoms with Crippen molar-refractivity contribution in [1.82, 2.24) is 14.5 Å². The standard InChI is InChI=1S/C25H22BrN3O3/c26-20-10-8-19(9-11-20)23-22(21(30)12-7-18-5-2-1-3-6-18)24(31)25(32)29(23)15-4-14-28-16-13-27-17-28/h1-3,5-13,16-17,23,31H,4,14-15H2/b12-7+. The quantitative estimate of drug-likeness (QED) is 0.462. The lowest BCUT2D eigenvalue weighted by atomic mass is 9.95. The Kier molecular flexibility index (Phi) is 6.66. The molecule has 3 aromatic rings.